The Morgan fingerprint density at radius 2 is 2.36 bits per heavy atom. The first-order valence-corrected chi connectivity index (χ1v) is 5.04. The molecule has 4 heteroatoms. The number of rotatable bonds is 5. The Morgan fingerprint density at radius 3 is 3.00 bits per heavy atom. The molecule has 0 unspecified atom stereocenters. The van der Waals surface area contributed by atoms with Crippen LogP contribution in [0.25, 0.3) is 0 Å². The topological polar surface area (TPSA) is 47.9 Å². The third-order valence-electron chi connectivity index (χ3n) is 2.34. The van der Waals surface area contributed by atoms with Crippen molar-refractivity contribution in [2.45, 2.75) is 44.8 Å². The number of carbonyl (C=O) groups excluding carboxylic acids is 1. The predicted octanol–water partition coefficient (Wildman–Crippen LogP) is 1.54. The van der Waals surface area contributed by atoms with Gasteiger partial charge in [0.1, 0.15) is 6.10 Å². The molecule has 0 aromatic rings. The zero-order chi connectivity index (χ0) is 10.4. The number of carbonyl (C=O) groups is 1. The van der Waals surface area contributed by atoms with E-state index in [1.54, 1.807) is 0 Å². The average Bonchev–Trinajstić information content (AvgIpc) is 2.65. The highest BCUT2D eigenvalue weighted by Crippen LogP contribution is 2.17. The van der Waals surface area contributed by atoms with Gasteiger partial charge in [0.2, 0.25) is 0 Å². The molecule has 0 saturated carbocycles. The SMILES string of the molecule is CCCCC[C@H]1OC=N[C@@H]1C(=O)OC. The van der Waals surface area contributed by atoms with E-state index in [9.17, 15) is 4.79 Å². The van der Waals surface area contributed by atoms with Crippen molar-refractivity contribution in [1.82, 2.24) is 0 Å². The van der Waals surface area contributed by atoms with E-state index in [1.165, 1.54) is 13.5 Å². The smallest absolute Gasteiger partial charge is 0.334 e. The normalized spacial score (nSPS) is 24.7. The van der Waals surface area contributed by atoms with Gasteiger partial charge in [-0.3, -0.25) is 0 Å². The third-order valence-corrected chi connectivity index (χ3v) is 2.34. The molecule has 0 saturated heterocycles. The first-order valence-electron chi connectivity index (χ1n) is 5.04. The Hall–Kier alpha value is -1.06. The highest BCUT2D eigenvalue weighted by Gasteiger charge is 2.32. The number of hydrogen-bond donors (Lipinski definition) is 0. The quantitative estimate of drug-likeness (QED) is 0.498. The molecule has 0 radical (unpaired) electrons. The zero-order valence-electron chi connectivity index (χ0n) is 8.73. The van der Waals surface area contributed by atoms with Crippen LogP contribution in [-0.4, -0.2) is 31.6 Å². The van der Waals surface area contributed by atoms with Crippen molar-refractivity contribution in [3.05, 3.63) is 0 Å². The molecule has 0 amide bonds. The van der Waals surface area contributed by atoms with Crippen molar-refractivity contribution < 1.29 is 14.3 Å². The Bertz CT molecular complexity index is 215. The number of unbranched alkanes of at least 4 members (excludes halogenated alkanes) is 2. The highest BCUT2D eigenvalue weighted by atomic mass is 16.5. The minimum absolute atomic E-state index is 0.117. The number of nitrogens with zero attached hydrogens (tertiary/aromatic N) is 1. The summed E-state index contributed by atoms with van der Waals surface area (Å²) in [6, 6.07) is -0.447. The van der Waals surface area contributed by atoms with Crippen LogP contribution in [0.15, 0.2) is 4.99 Å². The summed E-state index contributed by atoms with van der Waals surface area (Å²) < 4.78 is 9.88. The summed E-state index contributed by atoms with van der Waals surface area (Å²) in [5, 5.41) is 0. The number of methoxy groups -OCH3 is 1. The van der Waals surface area contributed by atoms with E-state index < -0.39 is 6.04 Å². The molecule has 0 aromatic heterocycles. The second-order valence-corrected chi connectivity index (χ2v) is 3.39. The van der Waals surface area contributed by atoms with Crippen LogP contribution in [0.2, 0.25) is 0 Å². The molecule has 80 valence electrons. The molecule has 4 nitrogen and oxygen atoms in total. The maximum Gasteiger partial charge on any atom is 0.334 e. The van der Waals surface area contributed by atoms with Crippen LogP contribution in [-0.2, 0) is 14.3 Å². The summed E-state index contributed by atoms with van der Waals surface area (Å²) in [5.74, 6) is -0.305. The van der Waals surface area contributed by atoms with Crippen LogP contribution < -0.4 is 0 Å². The van der Waals surface area contributed by atoms with Crippen molar-refractivity contribution in [3.8, 4) is 0 Å². The minimum Gasteiger partial charge on any atom is -0.477 e. The third kappa shape index (κ3) is 2.72. The summed E-state index contributed by atoms with van der Waals surface area (Å²) in [6.45, 7) is 2.14. The largest absolute Gasteiger partial charge is 0.477 e. The summed E-state index contributed by atoms with van der Waals surface area (Å²) in [4.78, 5) is 15.2. The van der Waals surface area contributed by atoms with Gasteiger partial charge >= 0.3 is 5.97 Å². The average molecular weight is 199 g/mol. The summed E-state index contributed by atoms with van der Waals surface area (Å²) in [7, 11) is 1.37. The first kappa shape index (κ1) is 11.0. The molecule has 1 rings (SSSR count). The maximum absolute atomic E-state index is 11.2. The van der Waals surface area contributed by atoms with Crippen molar-refractivity contribution >= 4 is 12.4 Å². The monoisotopic (exact) mass is 199 g/mol. The van der Waals surface area contributed by atoms with Crippen LogP contribution in [0.4, 0.5) is 0 Å². The van der Waals surface area contributed by atoms with E-state index in [1.807, 2.05) is 0 Å². The van der Waals surface area contributed by atoms with Crippen LogP contribution >= 0.6 is 0 Å². The fraction of sp³-hybridized carbons (Fsp3) is 0.800. The van der Waals surface area contributed by atoms with Crippen molar-refractivity contribution in [1.29, 1.82) is 0 Å². The minimum atomic E-state index is -0.447. The molecular formula is C10H17NO3. The van der Waals surface area contributed by atoms with Crippen LogP contribution in [0.1, 0.15) is 32.6 Å². The summed E-state index contributed by atoms with van der Waals surface area (Å²) in [6.07, 6.45) is 5.50. The number of esters is 1. The maximum atomic E-state index is 11.2. The molecule has 2 atom stereocenters. The standard InChI is InChI=1S/C10H17NO3/c1-3-4-5-6-8-9(10(12)13-2)11-7-14-8/h7-9H,3-6H2,1-2H3/t8-,9+/m1/s1. The molecule has 0 aliphatic carbocycles. The predicted molar refractivity (Wildman–Crippen MR) is 53.3 cm³/mol. The number of hydrogen-bond acceptors (Lipinski definition) is 4. The molecule has 0 bridgehead atoms. The lowest BCUT2D eigenvalue weighted by Crippen LogP contribution is -2.31. The van der Waals surface area contributed by atoms with Crippen molar-refractivity contribution in [3.63, 3.8) is 0 Å². The van der Waals surface area contributed by atoms with E-state index in [0.717, 1.165) is 25.7 Å². The van der Waals surface area contributed by atoms with E-state index in [0.29, 0.717) is 0 Å². The Balaban J connectivity index is 2.34. The Morgan fingerprint density at radius 1 is 1.57 bits per heavy atom. The Labute approximate surface area is 84.3 Å². The number of ether oxygens (including phenoxy) is 2. The van der Waals surface area contributed by atoms with Crippen molar-refractivity contribution in [2.75, 3.05) is 7.11 Å². The van der Waals surface area contributed by atoms with E-state index >= 15 is 0 Å². The van der Waals surface area contributed by atoms with Gasteiger partial charge in [-0.15, -0.1) is 0 Å². The molecule has 1 aliphatic heterocycles. The second kappa shape index (κ2) is 5.62. The van der Waals surface area contributed by atoms with Gasteiger partial charge in [-0.1, -0.05) is 19.8 Å². The summed E-state index contributed by atoms with van der Waals surface area (Å²) in [5.41, 5.74) is 0. The molecule has 0 spiro atoms. The van der Waals surface area contributed by atoms with Gasteiger partial charge in [0.05, 0.1) is 7.11 Å². The number of aliphatic imine (C=N–C) groups is 1. The molecule has 0 aromatic carbocycles. The summed E-state index contributed by atoms with van der Waals surface area (Å²) >= 11 is 0. The van der Waals surface area contributed by atoms with E-state index in [-0.39, 0.29) is 12.1 Å². The molecule has 1 aliphatic rings. The van der Waals surface area contributed by atoms with Gasteiger partial charge < -0.3 is 9.47 Å². The fourth-order valence-electron chi connectivity index (χ4n) is 1.50. The molecule has 14 heavy (non-hydrogen) atoms. The second-order valence-electron chi connectivity index (χ2n) is 3.39. The van der Waals surface area contributed by atoms with Gasteiger partial charge in [-0.2, -0.15) is 0 Å². The zero-order valence-corrected chi connectivity index (χ0v) is 8.73. The van der Waals surface area contributed by atoms with Crippen LogP contribution in [0.3, 0.4) is 0 Å². The van der Waals surface area contributed by atoms with Crippen molar-refractivity contribution in [2.24, 2.45) is 4.99 Å². The lowest BCUT2D eigenvalue weighted by Gasteiger charge is -2.14. The first-order chi connectivity index (χ1) is 6.79. The van der Waals surface area contributed by atoms with Gasteiger partial charge in [-0.05, 0) is 12.8 Å². The van der Waals surface area contributed by atoms with Crippen LogP contribution in [0.5, 0.6) is 0 Å². The lowest BCUT2D eigenvalue weighted by molar-refractivity contribution is -0.143. The van der Waals surface area contributed by atoms with Gasteiger partial charge in [0.15, 0.2) is 12.4 Å². The van der Waals surface area contributed by atoms with Gasteiger partial charge in [0.25, 0.3) is 0 Å². The van der Waals surface area contributed by atoms with Gasteiger partial charge in [0, 0.05) is 0 Å². The van der Waals surface area contributed by atoms with E-state index in [2.05, 4.69) is 16.7 Å². The molecule has 1 heterocycles. The lowest BCUT2D eigenvalue weighted by atomic mass is 10.1. The Kier molecular flexibility index (Phi) is 4.43. The fourth-order valence-corrected chi connectivity index (χ4v) is 1.50. The molecule has 0 fully saturated rings. The highest BCUT2D eigenvalue weighted by molar-refractivity contribution is 5.79. The van der Waals surface area contributed by atoms with Gasteiger partial charge in [-0.25, -0.2) is 9.79 Å². The molecular weight excluding hydrogens is 182 g/mol. The van der Waals surface area contributed by atoms with Crippen LogP contribution in [0, 0.1) is 0 Å². The van der Waals surface area contributed by atoms with E-state index in [4.69, 9.17) is 4.74 Å². The molecule has 0 N–H and O–H groups in total.